The van der Waals surface area contributed by atoms with Crippen molar-refractivity contribution in [1.82, 2.24) is 0 Å². The Labute approximate surface area is 248 Å². The van der Waals surface area contributed by atoms with Crippen molar-refractivity contribution >= 4 is 39.8 Å². The average Bonchev–Trinajstić information content (AvgIpc) is 3.04. The van der Waals surface area contributed by atoms with Crippen LogP contribution in [0.3, 0.4) is 0 Å². The second kappa shape index (κ2) is 12.3. The monoisotopic (exact) mass is 543 g/mol. The zero-order valence-corrected chi connectivity index (χ0v) is 23.7. The third kappa shape index (κ3) is 5.96. The van der Waals surface area contributed by atoms with Crippen LogP contribution in [0, 0.1) is 0 Å². The molecule has 0 fully saturated rings. The second-order valence-electron chi connectivity index (χ2n) is 10.2. The fourth-order valence-electron chi connectivity index (χ4n) is 5.17. The number of hydrogen-bond donors (Lipinski definition) is 1. The van der Waals surface area contributed by atoms with Crippen LogP contribution >= 0.6 is 0 Å². The highest BCUT2D eigenvalue weighted by atomic mass is 15.1. The Morgan fingerprint density at radius 3 is 1.00 bits per heavy atom. The first-order valence-corrected chi connectivity index (χ1v) is 14.1. The Hall–Kier alpha value is -5.54. The van der Waals surface area contributed by atoms with Crippen LogP contribution in [0.5, 0.6) is 0 Å². The zero-order chi connectivity index (χ0) is 28.7. The van der Waals surface area contributed by atoms with E-state index in [2.05, 4.69) is 167 Å². The molecule has 0 unspecified atom stereocenters. The summed E-state index contributed by atoms with van der Waals surface area (Å²) in [4.78, 5) is 4.55. The Morgan fingerprint density at radius 2 is 0.690 bits per heavy atom. The molecule has 0 amide bonds. The first-order valence-electron chi connectivity index (χ1n) is 14.1. The first kappa shape index (κ1) is 26.7. The van der Waals surface area contributed by atoms with E-state index in [1.54, 1.807) is 0 Å². The molecule has 0 saturated carbocycles. The predicted octanol–water partition coefficient (Wildman–Crippen LogP) is 11.2. The standard InChI is InChI=1S/C39H33N3/c1-30(2)40-33-22-28-39(29-23-33)42(36-16-10-5-11-17-36)38-26-20-32(21-27-38)31-18-24-37(25-19-31)41(34-12-6-3-7-13-34)35-14-8-4-9-15-35/h3-29,40H,1H2,2H3. The summed E-state index contributed by atoms with van der Waals surface area (Å²) in [6.45, 7) is 5.91. The minimum atomic E-state index is 0.916. The fourth-order valence-corrected chi connectivity index (χ4v) is 5.17. The van der Waals surface area contributed by atoms with Gasteiger partial charge in [-0.25, -0.2) is 0 Å². The van der Waals surface area contributed by atoms with Gasteiger partial charge in [0, 0.05) is 45.5 Å². The second-order valence-corrected chi connectivity index (χ2v) is 10.2. The van der Waals surface area contributed by atoms with Crippen molar-refractivity contribution < 1.29 is 0 Å². The van der Waals surface area contributed by atoms with Gasteiger partial charge >= 0.3 is 0 Å². The molecule has 6 aromatic carbocycles. The number of benzene rings is 6. The normalized spacial score (nSPS) is 10.6. The lowest BCUT2D eigenvalue weighted by atomic mass is 10.0. The largest absolute Gasteiger partial charge is 0.360 e. The van der Waals surface area contributed by atoms with Crippen LogP contribution < -0.4 is 15.1 Å². The number of para-hydroxylation sites is 3. The Kier molecular flexibility index (Phi) is 7.82. The number of hydrogen-bond acceptors (Lipinski definition) is 3. The first-order chi connectivity index (χ1) is 20.7. The molecule has 42 heavy (non-hydrogen) atoms. The van der Waals surface area contributed by atoms with Gasteiger partial charge in [0.2, 0.25) is 0 Å². The smallest absolute Gasteiger partial charge is 0.0463 e. The van der Waals surface area contributed by atoms with Crippen molar-refractivity contribution in [3.63, 3.8) is 0 Å². The maximum absolute atomic E-state index is 3.95. The highest BCUT2D eigenvalue weighted by Gasteiger charge is 2.14. The van der Waals surface area contributed by atoms with Gasteiger partial charge < -0.3 is 15.1 Å². The number of nitrogens with one attached hydrogen (secondary N) is 1. The lowest BCUT2D eigenvalue weighted by Gasteiger charge is -2.26. The molecule has 0 radical (unpaired) electrons. The SMILES string of the molecule is C=C(C)Nc1ccc(N(c2ccccc2)c2ccc(-c3ccc(N(c4ccccc4)c4ccccc4)cc3)cc2)cc1. The van der Waals surface area contributed by atoms with Gasteiger partial charge in [0.15, 0.2) is 0 Å². The van der Waals surface area contributed by atoms with Gasteiger partial charge in [-0.05, 0) is 103 Å². The van der Waals surface area contributed by atoms with Crippen LogP contribution in [0.25, 0.3) is 11.1 Å². The van der Waals surface area contributed by atoms with Crippen molar-refractivity contribution in [3.05, 3.63) is 176 Å². The summed E-state index contributed by atoms with van der Waals surface area (Å²) in [6, 6.07) is 57.5. The topological polar surface area (TPSA) is 18.5 Å². The average molecular weight is 544 g/mol. The Bertz CT molecular complexity index is 1690. The lowest BCUT2D eigenvalue weighted by Crippen LogP contribution is -2.10. The van der Waals surface area contributed by atoms with Gasteiger partial charge in [0.05, 0.1) is 0 Å². The van der Waals surface area contributed by atoms with Crippen LogP contribution in [-0.2, 0) is 0 Å². The van der Waals surface area contributed by atoms with Gasteiger partial charge in [-0.2, -0.15) is 0 Å². The van der Waals surface area contributed by atoms with Crippen LogP contribution in [0.4, 0.5) is 39.8 Å². The minimum Gasteiger partial charge on any atom is -0.360 e. The predicted molar refractivity (Wildman–Crippen MR) is 180 cm³/mol. The maximum atomic E-state index is 3.95. The van der Waals surface area contributed by atoms with E-state index in [-0.39, 0.29) is 0 Å². The quantitative estimate of drug-likeness (QED) is 0.196. The Morgan fingerprint density at radius 1 is 0.405 bits per heavy atom. The molecule has 0 atom stereocenters. The van der Waals surface area contributed by atoms with E-state index in [4.69, 9.17) is 0 Å². The van der Waals surface area contributed by atoms with E-state index < -0.39 is 0 Å². The summed E-state index contributed by atoms with van der Waals surface area (Å²) in [5.74, 6) is 0. The van der Waals surface area contributed by atoms with Gasteiger partial charge in [0.25, 0.3) is 0 Å². The van der Waals surface area contributed by atoms with E-state index >= 15 is 0 Å². The number of allylic oxidation sites excluding steroid dienone is 1. The summed E-state index contributed by atoms with van der Waals surface area (Å²) in [6.07, 6.45) is 0. The summed E-state index contributed by atoms with van der Waals surface area (Å²) in [5, 5.41) is 3.29. The van der Waals surface area contributed by atoms with Crippen molar-refractivity contribution in [1.29, 1.82) is 0 Å². The molecule has 3 heteroatoms. The zero-order valence-electron chi connectivity index (χ0n) is 23.7. The summed E-state index contributed by atoms with van der Waals surface area (Å²) < 4.78 is 0. The maximum Gasteiger partial charge on any atom is 0.0463 e. The van der Waals surface area contributed by atoms with E-state index in [9.17, 15) is 0 Å². The van der Waals surface area contributed by atoms with Crippen LogP contribution in [-0.4, -0.2) is 0 Å². The number of rotatable bonds is 9. The van der Waals surface area contributed by atoms with Gasteiger partial charge in [-0.15, -0.1) is 0 Å². The van der Waals surface area contributed by atoms with Gasteiger partial charge in [0.1, 0.15) is 0 Å². The van der Waals surface area contributed by atoms with Crippen LogP contribution in [0.2, 0.25) is 0 Å². The highest BCUT2D eigenvalue weighted by molar-refractivity contribution is 5.81. The van der Waals surface area contributed by atoms with Crippen molar-refractivity contribution in [2.75, 3.05) is 15.1 Å². The van der Waals surface area contributed by atoms with Crippen LogP contribution in [0.1, 0.15) is 6.92 Å². The van der Waals surface area contributed by atoms with Gasteiger partial charge in [-0.1, -0.05) is 85.4 Å². The van der Waals surface area contributed by atoms with E-state index in [1.165, 1.54) is 11.1 Å². The lowest BCUT2D eigenvalue weighted by molar-refractivity contribution is 1.28. The van der Waals surface area contributed by atoms with Crippen molar-refractivity contribution in [3.8, 4) is 11.1 Å². The minimum absolute atomic E-state index is 0.916. The van der Waals surface area contributed by atoms with E-state index in [0.717, 1.165) is 45.5 Å². The molecule has 0 saturated heterocycles. The Balaban J connectivity index is 1.29. The third-order valence-electron chi connectivity index (χ3n) is 7.11. The third-order valence-corrected chi connectivity index (χ3v) is 7.11. The molecule has 0 bridgehead atoms. The molecule has 0 heterocycles. The van der Waals surface area contributed by atoms with Crippen molar-refractivity contribution in [2.24, 2.45) is 0 Å². The summed E-state index contributed by atoms with van der Waals surface area (Å²) in [7, 11) is 0. The number of anilines is 7. The molecule has 0 aromatic heterocycles. The molecular weight excluding hydrogens is 510 g/mol. The number of nitrogens with zero attached hydrogens (tertiary/aromatic N) is 2. The summed E-state index contributed by atoms with van der Waals surface area (Å²) in [5.41, 5.74) is 11.0. The molecule has 6 aromatic rings. The fraction of sp³-hybridized carbons (Fsp3) is 0.0256. The van der Waals surface area contributed by atoms with E-state index in [0.29, 0.717) is 0 Å². The molecule has 0 spiro atoms. The van der Waals surface area contributed by atoms with Crippen molar-refractivity contribution in [2.45, 2.75) is 6.92 Å². The summed E-state index contributed by atoms with van der Waals surface area (Å²) >= 11 is 0. The molecule has 204 valence electrons. The molecule has 0 aliphatic heterocycles. The molecule has 6 rings (SSSR count). The molecule has 0 aliphatic carbocycles. The molecular formula is C39H33N3. The molecule has 1 N–H and O–H groups in total. The highest BCUT2D eigenvalue weighted by Crippen LogP contribution is 2.38. The molecule has 0 aliphatic rings. The van der Waals surface area contributed by atoms with Crippen LogP contribution in [0.15, 0.2) is 176 Å². The molecule has 3 nitrogen and oxygen atoms in total. The van der Waals surface area contributed by atoms with E-state index in [1.807, 2.05) is 25.1 Å². The van der Waals surface area contributed by atoms with Gasteiger partial charge in [-0.3, -0.25) is 0 Å².